The molecule has 15 nitrogen and oxygen atoms in total. The van der Waals surface area contributed by atoms with E-state index in [4.69, 9.17) is 25.4 Å². The molecule has 0 atom stereocenters. The Hall–Kier alpha value is -15.3. The standard InChI is InChI=1S/C40H22O5.C28H14O3.C14H10O.2C12H4Br2O3.C8H6.Na.Pd/c41-39-33-23-25-35(43-31-19-15-29(16-20-31)13-11-27-7-3-1-4-8-27)38-36(26-24-34(37(33)38)40(42)45-39)44-32-21-17-30(18-22-32)14-12-28-9-5-2-6-10-28;29-27-23-17-15-21(13-11-19-7-3-1-4-8-19)25-22(14-12-20-9-5-2-6-10-20)16-18-24(26(23)25)28(30)31-27;15-14-8-4-7-13(11-14)10-9-12-5-2-1-3-6-12;2*13-7-3-1-5-9-6(12(16)17-11(5)15)2-4-8(14)10(7)9;1-2-8-6-4-3-5-7-8;;/h1-10,15-26H;1-10,15-18H;1-8,11,15H;2*1-4H;1,3-7H;;/q;;;;;;+1;. The van der Waals surface area contributed by atoms with Gasteiger partial charge in [0.2, 0.25) is 0 Å². The van der Waals surface area contributed by atoms with Crippen LogP contribution in [0.25, 0.3) is 43.1 Å². The fraction of sp³-hybridized carbons (Fsp3) is 0. The van der Waals surface area contributed by atoms with Crippen LogP contribution in [0.15, 0.2) is 370 Å². The molecule has 0 aliphatic carbocycles. The maximum Gasteiger partial charge on any atom is 1.00 e. The molecule has 0 bridgehead atoms. The second-order valence-corrected chi connectivity index (χ2v) is 32.4. The van der Waals surface area contributed by atoms with Gasteiger partial charge in [0.1, 0.15) is 28.7 Å². The molecule has 135 heavy (non-hydrogen) atoms. The molecule has 4 aliphatic rings. The minimum atomic E-state index is -0.719. The quantitative estimate of drug-likeness (QED) is 0.0571. The largest absolute Gasteiger partial charge is 1.00 e. The summed E-state index contributed by atoms with van der Waals surface area (Å²) in [5, 5.41) is 14.3. The number of esters is 8. The number of hydrogen-bond acceptors (Lipinski definition) is 15. The molecule has 0 fully saturated rings. The zero-order chi connectivity index (χ0) is 92.4. The van der Waals surface area contributed by atoms with Crippen molar-refractivity contribution in [3.05, 3.63) is 475 Å². The number of phenols is 1. The predicted octanol–water partition coefficient (Wildman–Crippen LogP) is 22.3. The fourth-order valence-corrected chi connectivity index (χ4v) is 16.9. The Bertz CT molecular complexity index is 7500. The first-order valence-electron chi connectivity index (χ1n) is 40.6. The number of ether oxygens (including phenoxy) is 6. The minimum Gasteiger partial charge on any atom is -0.508 e. The van der Waals surface area contributed by atoms with Crippen molar-refractivity contribution in [2.75, 3.05) is 0 Å². The van der Waals surface area contributed by atoms with Gasteiger partial charge in [0.25, 0.3) is 0 Å². The van der Waals surface area contributed by atoms with Crippen molar-refractivity contribution in [1.82, 2.24) is 0 Å². The Morgan fingerprint density at radius 2 is 0.459 bits per heavy atom. The fourth-order valence-electron chi connectivity index (χ4n) is 14.2. The van der Waals surface area contributed by atoms with Gasteiger partial charge in [-0.25, -0.2) is 38.4 Å². The molecule has 17 aromatic carbocycles. The van der Waals surface area contributed by atoms with Crippen molar-refractivity contribution in [2.24, 2.45) is 0 Å². The van der Waals surface area contributed by atoms with E-state index in [1.54, 1.807) is 115 Å². The van der Waals surface area contributed by atoms with E-state index in [1.165, 1.54) is 0 Å². The summed E-state index contributed by atoms with van der Waals surface area (Å²) in [6.45, 7) is 0. The molecule has 1 N–H and O–H groups in total. The molecule has 0 unspecified atom stereocenters. The van der Waals surface area contributed by atoms with Gasteiger partial charge in [0, 0.05) is 137 Å². The van der Waals surface area contributed by atoms with Gasteiger partial charge < -0.3 is 33.5 Å². The number of benzene rings is 17. The van der Waals surface area contributed by atoms with Gasteiger partial charge in [-0.15, -0.1) is 6.42 Å². The van der Waals surface area contributed by atoms with Crippen LogP contribution in [0.2, 0.25) is 0 Å². The summed E-state index contributed by atoms with van der Waals surface area (Å²) in [5.41, 5.74) is 12.3. The Morgan fingerprint density at radius 3 is 0.733 bits per heavy atom. The van der Waals surface area contributed by atoms with Gasteiger partial charge in [-0.1, -0.05) is 244 Å². The summed E-state index contributed by atoms with van der Waals surface area (Å²) < 4.78 is 35.2. The maximum absolute atomic E-state index is 12.7. The van der Waals surface area contributed by atoms with Crippen LogP contribution in [0.5, 0.6) is 28.7 Å². The van der Waals surface area contributed by atoms with E-state index in [1.807, 2.05) is 237 Å². The molecule has 0 amide bonds. The van der Waals surface area contributed by atoms with Gasteiger partial charge in [0.05, 0.1) is 49.9 Å². The predicted molar refractivity (Wildman–Crippen MR) is 523 cm³/mol. The first-order chi connectivity index (χ1) is 64.8. The zero-order valence-corrected chi connectivity index (χ0v) is 80.5. The monoisotopic (exact) mass is 2110 g/mol. The van der Waals surface area contributed by atoms with Crippen molar-refractivity contribution >= 4 is 155 Å². The molecular weight excluding hydrogens is 2060 g/mol. The van der Waals surface area contributed by atoms with Crippen LogP contribution >= 0.6 is 63.7 Å². The van der Waals surface area contributed by atoms with Crippen LogP contribution in [0.3, 0.4) is 0 Å². The van der Waals surface area contributed by atoms with Gasteiger partial charge in [-0.05, 0) is 237 Å². The van der Waals surface area contributed by atoms with E-state index in [2.05, 4.69) is 138 Å². The summed E-state index contributed by atoms with van der Waals surface area (Å²) in [4.78, 5) is 96.6. The number of halogens is 4. The Balaban J connectivity index is 0.000000140. The van der Waals surface area contributed by atoms with E-state index >= 15 is 0 Å². The molecular formula is C114H60Br4NaO15Pd+. The van der Waals surface area contributed by atoms with Crippen LogP contribution in [0.4, 0.5) is 0 Å². The van der Waals surface area contributed by atoms with E-state index in [-0.39, 0.29) is 66.9 Å². The summed E-state index contributed by atoms with van der Waals surface area (Å²) in [5.74, 6) is 30.9. The first-order valence-corrected chi connectivity index (χ1v) is 43.7. The minimum absolute atomic E-state index is 0. The Labute approximate surface area is 844 Å². The second-order valence-electron chi connectivity index (χ2n) is 29.0. The summed E-state index contributed by atoms with van der Waals surface area (Å²) in [6.07, 6.45) is 5.10. The van der Waals surface area contributed by atoms with E-state index < -0.39 is 47.8 Å². The van der Waals surface area contributed by atoms with Crippen molar-refractivity contribution in [3.63, 3.8) is 0 Å². The third-order valence-corrected chi connectivity index (χ3v) is 23.1. The normalized spacial score (nSPS) is 11.5. The summed E-state index contributed by atoms with van der Waals surface area (Å²) in [7, 11) is 0. The van der Waals surface area contributed by atoms with Gasteiger partial charge >= 0.3 is 77.3 Å². The van der Waals surface area contributed by atoms with Crippen molar-refractivity contribution in [1.29, 1.82) is 0 Å². The number of aromatic hydroxyl groups is 1. The number of rotatable bonds is 4. The molecule has 0 saturated heterocycles. The number of cyclic esters (lactones) is 8. The van der Waals surface area contributed by atoms with E-state index in [0.717, 1.165) is 78.7 Å². The van der Waals surface area contributed by atoms with Gasteiger partial charge in [0.15, 0.2) is 0 Å². The molecule has 0 aromatic heterocycles. The molecule has 21 rings (SSSR count). The average Bonchev–Trinajstić information content (AvgIpc) is 0.753. The van der Waals surface area contributed by atoms with Crippen LogP contribution < -0.4 is 39.0 Å². The number of carbonyl (C=O) groups excluding carboxylic acids is 8. The smallest absolute Gasteiger partial charge is 0.508 e. The third kappa shape index (κ3) is 22.9. The van der Waals surface area contributed by atoms with Crippen molar-refractivity contribution in [3.8, 4) is 100 Å². The first kappa shape index (κ1) is 95.8. The molecule has 644 valence electrons. The molecule has 4 heterocycles. The molecule has 21 heteroatoms. The topological polar surface area (TPSA) is 212 Å². The third-order valence-electron chi connectivity index (χ3n) is 20.4. The molecule has 17 aromatic rings. The van der Waals surface area contributed by atoms with Crippen LogP contribution in [0, 0.1) is 71.5 Å². The Morgan fingerprint density at radius 1 is 0.230 bits per heavy atom. The maximum atomic E-state index is 12.7. The summed E-state index contributed by atoms with van der Waals surface area (Å²) >= 11 is 13.7. The molecule has 0 radical (unpaired) electrons. The van der Waals surface area contributed by atoms with Crippen LogP contribution in [0.1, 0.15) is 144 Å². The van der Waals surface area contributed by atoms with Crippen LogP contribution in [-0.2, 0) is 39.4 Å². The van der Waals surface area contributed by atoms with Crippen LogP contribution in [-0.4, -0.2) is 52.9 Å². The number of terminal acetylenes is 1. The van der Waals surface area contributed by atoms with E-state index in [0.29, 0.717) is 99.8 Å². The number of carbonyl (C=O) groups is 8. The Kier molecular flexibility index (Phi) is 31.7. The van der Waals surface area contributed by atoms with E-state index in [9.17, 15) is 43.5 Å². The SMILES string of the molecule is C#Cc1ccccc1.O=C1OC(=O)c2ccc(Br)c3c(Br)ccc1c23.O=C1OC(=O)c2ccc(Br)c3c(Br)ccc1c23.O=C1OC(=O)c2ccc(C#Cc3ccccc3)c3c(C#Cc4ccccc4)ccc1c23.O=C1OC(=O)c2ccc(Oc3ccc(C#Cc4ccccc4)cc3)c3c(Oc4ccc(C#Cc5ccccc5)cc4)ccc1c23.Oc1cccc(C#Cc2ccccc2)c1.[Na+].[Pd]. The van der Waals surface area contributed by atoms with Crippen molar-refractivity contribution in [2.45, 2.75) is 0 Å². The molecule has 0 saturated carbocycles. The average molecular weight is 2120 g/mol. The van der Waals surface area contributed by atoms with Gasteiger partial charge in [-0.2, -0.15) is 0 Å². The number of phenolic OH excluding ortho intramolecular Hbond substituents is 1. The van der Waals surface area contributed by atoms with Gasteiger partial charge in [-0.3, -0.25) is 0 Å². The molecule has 4 aliphatic heterocycles. The summed E-state index contributed by atoms with van der Waals surface area (Å²) in [6, 6.07) is 107. The number of hydrogen-bond donors (Lipinski definition) is 1. The zero-order valence-electron chi connectivity index (χ0n) is 70.6. The van der Waals surface area contributed by atoms with Crippen molar-refractivity contribution < 1.29 is 122 Å². The second kappa shape index (κ2) is 44.7. The molecule has 0 spiro atoms.